The highest BCUT2D eigenvalue weighted by atomic mass is 16.3. The van der Waals surface area contributed by atoms with Gasteiger partial charge in [0.15, 0.2) is 0 Å². The lowest BCUT2D eigenvalue weighted by Gasteiger charge is -2.21. The maximum absolute atomic E-state index is 12.0. The van der Waals surface area contributed by atoms with E-state index in [1.54, 1.807) is 11.2 Å². The number of benzene rings is 1. The number of hydrogen-bond acceptors (Lipinski definition) is 3. The zero-order valence-electron chi connectivity index (χ0n) is 11.9. The Hall–Kier alpha value is -2.07. The quantitative estimate of drug-likeness (QED) is 0.910. The van der Waals surface area contributed by atoms with E-state index in [0.717, 1.165) is 11.4 Å². The van der Waals surface area contributed by atoms with Crippen molar-refractivity contribution in [3.63, 3.8) is 0 Å². The highest BCUT2D eigenvalue weighted by Crippen LogP contribution is 2.22. The largest absolute Gasteiger partial charge is 0.467 e. The molecule has 0 aliphatic heterocycles. The van der Waals surface area contributed by atoms with E-state index in [0.29, 0.717) is 12.5 Å². The van der Waals surface area contributed by atoms with Crippen molar-refractivity contribution in [1.29, 1.82) is 0 Å². The van der Waals surface area contributed by atoms with Gasteiger partial charge < -0.3 is 15.1 Å². The van der Waals surface area contributed by atoms with Gasteiger partial charge in [0.2, 0.25) is 5.91 Å². The van der Waals surface area contributed by atoms with Crippen LogP contribution in [0.3, 0.4) is 0 Å². The van der Waals surface area contributed by atoms with Crippen molar-refractivity contribution in [2.24, 2.45) is 5.73 Å². The number of furan rings is 1. The van der Waals surface area contributed by atoms with Crippen LogP contribution in [0.2, 0.25) is 0 Å². The van der Waals surface area contributed by atoms with Gasteiger partial charge in [-0.3, -0.25) is 4.79 Å². The molecular weight excluding hydrogens is 252 g/mol. The molecule has 1 aromatic heterocycles. The third-order valence-corrected chi connectivity index (χ3v) is 3.24. The first-order valence-corrected chi connectivity index (χ1v) is 6.74. The number of nitrogens with two attached hydrogens (primary N) is 1. The number of rotatable bonds is 5. The van der Waals surface area contributed by atoms with Gasteiger partial charge in [0.25, 0.3) is 0 Å². The molecule has 1 heterocycles. The van der Waals surface area contributed by atoms with Gasteiger partial charge in [-0.1, -0.05) is 26.0 Å². The lowest BCUT2D eigenvalue weighted by molar-refractivity contribution is -0.117. The minimum Gasteiger partial charge on any atom is -0.467 e. The summed E-state index contributed by atoms with van der Waals surface area (Å²) >= 11 is 0. The fourth-order valence-corrected chi connectivity index (χ4v) is 2.03. The zero-order valence-corrected chi connectivity index (χ0v) is 11.9. The summed E-state index contributed by atoms with van der Waals surface area (Å²) in [5.41, 5.74) is 7.57. The third-order valence-electron chi connectivity index (χ3n) is 3.24. The third kappa shape index (κ3) is 3.27. The highest BCUT2D eigenvalue weighted by molar-refractivity contribution is 5.94. The Bertz CT molecular complexity index is 544. The van der Waals surface area contributed by atoms with Gasteiger partial charge in [0.05, 0.1) is 19.4 Å². The number of amides is 1. The predicted octanol–water partition coefficient (Wildman–Crippen LogP) is 2.89. The van der Waals surface area contributed by atoms with Crippen molar-refractivity contribution in [1.82, 2.24) is 0 Å². The summed E-state index contributed by atoms with van der Waals surface area (Å²) in [7, 11) is 0. The molecule has 0 fully saturated rings. The van der Waals surface area contributed by atoms with Crippen LogP contribution in [-0.2, 0) is 11.3 Å². The number of hydrogen-bond donors (Lipinski definition) is 1. The molecule has 20 heavy (non-hydrogen) atoms. The standard InChI is InChI=1S/C16H20N2O2/c1-12(2)13-5-7-14(8-6-13)18(16(19)10-17)11-15-4-3-9-20-15/h3-9,12H,10-11,17H2,1-2H3. The Labute approximate surface area is 119 Å². The van der Waals surface area contributed by atoms with E-state index in [9.17, 15) is 4.79 Å². The van der Waals surface area contributed by atoms with E-state index in [2.05, 4.69) is 13.8 Å². The van der Waals surface area contributed by atoms with Gasteiger partial charge in [-0.15, -0.1) is 0 Å². The van der Waals surface area contributed by atoms with Crippen molar-refractivity contribution < 1.29 is 9.21 Å². The molecular formula is C16H20N2O2. The molecule has 0 aliphatic carbocycles. The highest BCUT2D eigenvalue weighted by Gasteiger charge is 2.16. The van der Waals surface area contributed by atoms with Crippen LogP contribution < -0.4 is 10.6 Å². The molecule has 0 bridgehead atoms. The summed E-state index contributed by atoms with van der Waals surface area (Å²) in [6.07, 6.45) is 1.60. The Balaban J connectivity index is 2.24. The van der Waals surface area contributed by atoms with Crippen molar-refractivity contribution in [3.05, 3.63) is 54.0 Å². The second-order valence-corrected chi connectivity index (χ2v) is 5.01. The van der Waals surface area contributed by atoms with E-state index >= 15 is 0 Å². The molecule has 0 saturated heterocycles. The molecule has 0 radical (unpaired) electrons. The maximum atomic E-state index is 12.0. The SMILES string of the molecule is CC(C)c1ccc(N(Cc2ccco2)C(=O)CN)cc1. The van der Waals surface area contributed by atoms with Crippen LogP contribution in [0.4, 0.5) is 5.69 Å². The zero-order chi connectivity index (χ0) is 14.5. The van der Waals surface area contributed by atoms with Crippen LogP contribution >= 0.6 is 0 Å². The number of carbonyl (C=O) groups excluding carboxylic acids is 1. The molecule has 4 nitrogen and oxygen atoms in total. The van der Waals surface area contributed by atoms with Crippen LogP contribution in [0.25, 0.3) is 0 Å². The molecule has 0 atom stereocenters. The average molecular weight is 272 g/mol. The molecule has 0 spiro atoms. The van der Waals surface area contributed by atoms with Crippen molar-refractivity contribution in [2.75, 3.05) is 11.4 Å². The summed E-state index contributed by atoms with van der Waals surface area (Å²) in [6, 6.07) is 11.6. The van der Waals surface area contributed by atoms with Crippen LogP contribution in [-0.4, -0.2) is 12.5 Å². The van der Waals surface area contributed by atoms with Crippen LogP contribution in [0.1, 0.15) is 31.1 Å². The Morgan fingerprint density at radius 3 is 2.45 bits per heavy atom. The van der Waals surface area contributed by atoms with E-state index < -0.39 is 0 Å². The monoisotopic (exact) mass is 272 g/mol. The Kier molecular flexibility index (Phi) is 4.58. The summed E-state index contributed by atoms with van der Waals surface area (Å²) in [4.78, 5) is 13.7. The van der Waals surface area contributed by atoms with Crippen molar-refractivity contribution in [3.8, 4) is 0 Å². The average Bonchev–Trinajstić information content (AvgIpc) is 2.97. The minimum atomic E-state index is -0.126. The number of nitrogens with zero attached hydrogens (tertiary/aromatic N) is 1. The number of anilines is 1. The van der Waals surface area contributed by atoms with Gasteiger partial charge >= 0.3 is 0 Å². The first-order chi connectivity index (χ1) is 9.61. The van der Waals surface area contributed by atoms with Gasteiger partial charge in [0, 0.05) is 5.69 Å². The number of carbonyl (C=O) groups is 1. The second kappa shape index (κ2) is 6.39. The molecule has 4 heteroatoms. The molecule has 0 saturated carbocycles. The lowest BCUT2D eigenvalue weighted by Crippen LogP contribution is -2.35. The fourth-order valence-electron chi connectivity index (χ4n) is 2.03. The summed E-state index contributed by atoms with van der Waals surface area (Å²) in [6.45, 7) is 4.65. The van der Waals surface area contributed by atoms with Gasteiger partial charge in [-0.25, -0.2) is 0 Å². The van der Waals surface area contributed by atoms with E-state index in [1.807, 2.05) is 36.4 Å². The molecule has 1 aromatic carbocycles. The minimum absolute atomic E-state index is 0.0212. The van der Waals surface area contributed by atoms with Crippen LogP contribution in [0.5, 0.6) is 0 Å². The summed E-state index contributed by atoms with van der Waals surface area (Å²) in [5, 5.41) is 0. The molecule has 0 aliphatic rings. The van der Waals surface area contributed by atoms with Crippen molar-refractivity contribution >= 4 is 11.6 Å². The Morgan fingerprint density at radius 1 is 1.25 bits per heavy atom. The molecule has 0 unspecified atom stereocenters. The fraction of sp³-hybridized carbons (Fsp3) is 0.312. The molecule has 2 rings (SSSR count). The lowest BCUT2D eigenvalue weighted by atomic mass is 10.0. The summed E-state index contributed by atoms with van der Waals surface area (Å²) in [5.74, 6) is 1.08. The van der Waals surface area contributed by atoms with Gasteiger partial charge in [-0.05, 0) is 35.7 Å². The smallest absolute Gasteiger partial charge is 0.241 e. The van der Waals surface area contributed by atoms with Crippen LogP contribution in [0.15, 0.2) is 47.1 Å². The topological polar surface area (TPSA) is 59.5 Å². The normalized spacial score (nSPS) is 10.8. The van der Waals surface area contributed by atoms with Crippen LogP contribution in [0, 0.1) is 0 Å². The molecule has 2 N–H and O–H groups in total. The predicted molar refractivity (Wildman–Crippen MR) is 79.5 cm³/mol. The van der Waals surface area contributed by atoms with E-state index in [-0.39, 0.29) is 12.5 Å². The van der Waals surface area contributed by atoms with Gasteiger partial charge in [-0.2, -0.15) is 0 Å². The van der Waals surface area contributed by atoms with E-state index in [1.165, 1.54) is 5.56 Å². The Morgan fingerprint density at radius 2 is 1.95 bits per heavy atom. The molecule has 1 amide bonds. The van der Waals surface area contributed by atoms with E-state index in [4.69, 9.17) is 10.2 Å². The molecule has 106 valence electrons. The van der Waals surface area contributed by atoms with Gasteiger partial charge in [0.1, 0.15) is 5.76 Å². The second-order valence-electron chi connectivity index (χ2n) is 5.01. The summed E-state index contributed by atoms with van der Waals surface area (Å²) < 4.78 is 5.31. The van der Waals surface area contributed by atoms with Crippen molar-refractivity contribution in [2.45, 2.75) is 26.3 Å². The first-order valence-electron chi connectivity index (χ1n) is 6.74. The maximum Gasteiger partial charge on any atom is 0.241 e. The molecule has 2 aromatic rings. The first kappa shape index (κ1) is 14.3.